The minimum Gasteiger partial charge on any atom is -0.481 e. The van der Waals surface area contributed by atoms with E-state index in [2.05, 4.69) is 28.3 Å². The van der Waals surface area contributed by atoms with Crippen molar-refractivity contribution in [1.29, 1.82) is 0 Å². The predicted octanol–water partition coefficient (Wildman–Crippen LogP) is 10.4. The number of carboxylic acids is 1. The lowest BCUT2D eigenvalue weighted by Crippen LogP contribution is -2.25. The van der Waals surface area contributed by atoms with Crippen LogP contribution in [-0.2, 0) is 11.2 Å². The van der Waals surface area contributed by atoms with Gasteiger partial charge >= 0.3 is 5.97 Å². The van der Waals surface area contributed by atoms with Gasteiger partial charge in [0.05, 0.1) is 5.56 Å². The van der Waals surface area contributed by atoms with Crippen LogP contribution in [0.1, 0.15) is 151 Å². The number of carbonyl (C=O) groups is 2. The minimum absolute atomic E-state index is 0.0852. The molecule has 0 saturated carbocycles. The van der Waals surface area contributed by atoms with Gasteiger partial charge in [0, 0.05) is 42.5 Å². The standard InChI is InChI=1S/C22H44O2.C16H15N3O/c1-2-3-4-5-6-7-8-9-10-11-12-13-14-15-16-17-18-19-20-21-22(23)24;20-16(13-4-3-8-17-10-13)18-9-7-12-11-19-15-6-2-1-5-14(12)15/h2-21H2,1H3,(H,23,24);1-6,8,10-11,19H,7,9H2,(H,18,20). The zero-order valence-electron chi connectivity index (χ0n) is 27.5. The second kappa shape index (κ2) is 25.2. The molecule has 6 heteroatoms. The molecule has 2 heterocycles. The molecule has 0 aliphatic rings. The van der Waals surface area contributed by atoms with E-state index >= 15 is 0 Å². The van der Waals surface area contributed by atoms with E-state index in [-0.39, 0.29) is 5.91 Å². The van der Waals surface area contributed by atoms with Crippen LogP contribution < -0.4 is 5.32 Å². The fourth-order valence-corrected chi connectivity index (χ4v) is 5.60. The summed E-state index contributed by atoms with van der Waals surface area (Å²) >= 11 is 0. The molecule has 0 aliphatic heterocycles. The van der Waals surface area contributed by atoms with Crippen LogP contribution in [0.25, 0.3) is 10.9 Å². The van der Waals surface area contributed by atoms with Crippen molar-refractivity contribution in [1.82, 2.24) is 15.3 Å². The maximum atomic E-state index is 11.9. The molecule has 0 bridgehead atoms. The third-order valence-corrected chi connectivity index (χ3v) is 8.27. The van der Waals surface area contributed by atoms with Crippen molar-refractivity contribution >= 4 is 22.8 Å². The molecule has 6 nitrogen and oxygen atoms in total. The van der Waals surface area contributed by atoms with Gasteiger partial charge in [-0.3, -0.25) is 14.6 Å². The molecular formula is C38H59N3O3. The highest BCUT2D eigenvalue weighted by atomic mass is 16.4. The number of nitrogens with zero attached hydrogens (tertiary/aromatic N) is 1. The van der Waals surface area contributed by atoms with Crippen LogP contribution >= 0.6 is 0 Å². The molecule has 3 aromatic rings. The first-order valence-corrected chi connectivity index (χ1v) is 17.6. The Morgan fingerprint density at radius 3 is 1.80 bits per heavy atom. The van der Waals surface area contributed by atoms with Gasteiger partial charge in [0.1, 0.15) is 0 Å². The van der Waals surface area contributed by atoms with E-state index in [1.807, 2.05) is 24.4 Å². The topological polar surface area (TPSA) is 95.1 Å². The van der Waals surface area contributed by atoms with Crippen LogP contribution in [0, 0.1) is 0 Å². The van der Waals surface area contributed by atoms with Crippen molar-refractivity contribution in [3.8, 4) is 0 Å². The summed E-state index contributed by atoms with van der Waals surface area (Å²) in [6.45, 7) is 2.89. The molecule has 1 amide bonds. The number of carboxylic acid groups (broad SMARTS) is 1. The lowest BCUT2D eigenvalue weighted by molar-refractivity contribution is -0.137. The number of benzene rings is 1. The third-order valence-electron chi connectivity index (χ3n) is 8.27. The summed E-state index contributed by atoms with van der Waals surface area (Å²) < 4.78 is 0. The molecule has 1 aromatic carbocycles. The highest BCUT2D eigenvalue weighted by Crippen LogP contribution is 2.18. The first-order valence-electron chi connectivity index (χ1n) is 17.6. The van der Waals surface area contributed by atoms with E-state index in [0.29, 0.717) is 18.5 Å². The Balaban J connectivity index is 0.000000310. The molecule has 0 aliphatic carbocycles. The first-order chi connectivity index (χ1) is 21.6. The van der Waals surface area contributed by atoms with Crippen LogP contribution in [0.2, 0.25) is 0 Å². The first kappa shape index (κ1) is 37.0. The summed E-state index contributed by atoms with van der Waals surface area (Å²) in [7, 11) is 0. The summed E-state index contributed by atoms with van der Waals surface area (Å²) in [4.78, 5) is 29.4. The predicted molar refractivity (Wildman–Crippen MR) is 184 cm³/mol. The molecule has 244 valence electrons. The van der Waals surface area contributed by atoms with Crippen LogP contribution in [0.4, 0.5) is 0 Å². The van der Waals surface area contributed by atoms with Crippen molar-refractivity contribution in [3.63, 3.8) is 0 Å². The van der Waals surface area contributed by atoms with E-state index in [4.69, 9.17) is 5.11 Å². The van der Waals surface area contributed by atoms with E-state index in [1.54, 1.807) is 24.5 Å². The van der Waals surface area contributed by atoms with Gasteiger partial charge in [-0.15, -0.1) is 0 Å². The number of fused-ring (bicyclic) bond motifs is 1. The number of carbonyl (C=O) groups excluding carboxylic acids is 1. The number of H-pyrrole nitrogens is 1. The van der Waals surface area contributed by atoms with Crippen molar-refractivity contribution in [2.24, 2.45) is 0 Å². The molecule has 3 rings (SSSR count). The van der Waals surface area contributed by atoms with Crippen LogP contribution in [-0.4, -0.2) is 33.5 Å². The smallest absolute Gasteiger partial charge is 0.303 e. The van der Waals surface area contributed by atoms with E-state index in [1.165, 1.54) is 120 Å². The highest BCUT2D eigenvalue weighted by molar-refractivity contribution is 5.93. The number of para-hydroxylation sites is 1. The van der Waals surface area contributed by atoms with Gasteiger partial charge < -0.3 is 15.4 Å². The molecule has 0 radical (unpaired) electrons. The average Bonchev–Trinajstić information content (AvgIpc) is 3.45. The van der Waals surface area contributed by atoms with Crippen LogP contribution in [0.5, 0.6) is 0 Å². The normalized spacial score (nSPS) is 10.8. The van der Waals surface area contributed by atoms with Crippen LogP contribution in [0.15, 0.2) is 55.0 Å². The fourth-order valence-electron chi connectivity index (χ4n) is 5.60. The van der Waals surface area contributed by atoms with Crippen molar-refractivity contribution in [2.45, 2.75) is 142 Å². The van der Waals surface area contributed by atoms with E-state index in [9.17, 15) is 9.59 Å². The molecule has 3 N–H and O–H groups in total. The molecule has 0 unspecified atom stereocenters. The largest absolute Gasteiger partial charge is 0.481 e. The number of aromatic nitrogens is 2. The molecule has 0 saturated heterocycles. The van der Waals surface area contributed by atoms with Gasteiger partial charge in [0.2, 0.25) is 0 Å². The third kappa shape index (κ3) is 17.8. The number of amides is 1. The molecule has 44 heavy (non-hydrogen) atoms. The molecule has 2 aromatic heterocycles. The minimum atomic E-state index is -0.651. The van der Waals surface area contributed by atoms with E-state index < -0.39 is 5.97 Å². The summed E-state index contributed by atoms with van der Waals surface area (Å²) in [6, 6.07) is 11.7. The number of hydrogen-bond donors (Lipinski definition) is 3. The van der Waals surface area contributed by atoms with Crippen molar-refractivity contribution in [3.05, 3.63) is 66.1 Å². The van der Waals surface area contributed by atoms with Gasteiger partial charge in [-0.05, 0) is 36.6 Å². The number of pyridine rings is 1. The lowest BCUT2D eigenvalue weighted by atomic mass is 10.0. The highest BCUT2D eigenvalue weighted by Gasteiger charge is 2.06. The number of unbranched alkanes of at least 4 members (excludes halogenated alkanes) is 18. The second-order valence-corrected chi connectivity index (χ2v) is 12.1. The van der Waals surface area contributed by atoms with Gasteiger partial charge in [0.25, 0.3) is 5.91 Å². The van der Waals surface area contributed by atoms with E-state index in [0.717, 1.165) is 24.8 Å². The van der Waals surface area contributed by atoms with Gasteiger partial charge in [-0.2, -0.15) is 0 Å². The van der Waals surface area contributed by atoms with Crippen molar-refractivity contribution < 1.29 is 14.7 Å². The number of aromatic amines is 1. The second-order valence-electron chi connectivity index (χ2n) is 12.1. The zero-order valence-corrected chi connectivity index (χ0v) is 27.5. The Morgan fingerprint density at radius 1 is 0.727 bits per heavy atom. The summed E-state index contributed by atoms with van der Waals surface area (Å²) in [5, 5.41) is 12.7. The summed E-state index contributed by atoms with van der Waals surface area (Å²) in [5.41, 5.74) is 2.93. The Labute approximate surface area is 266 Å². The number of aliphatic carboxylic acids is 1. The Morgan fingerprint density at radius 2 is 1.27 bits per heavy atom. The summed E-state index contributed by atoms with van der Waals surface area (Å²) in [6.07, 6.45) is 32.1. The Bertz CT molecular complexity index is 1130. The number of rotatable bonds is 24. The van der Waals surface area contributed by atoms with Crippen LogP contribution in [0.3, 0.4) is 0 Å². The fraction of sp³-hybridized carbons (Fsp3) is 0.605. The number of nitrogens with one attached hydrogen (secondary N) is 2. The molecule has 0 spiro atoms. The van der Waals surface area contributed by atoms with Gasteiger partial charge in [-0.1, -0.05) is 141 Å². The lowest BCUT2D eigenvalue weighted by Gasteiger charge is -2.04. The van der Waals surface area contributed by atoms with Gasteiger partial charge in [-0.25, -0.2) is 0 Å². The number of hydrogen-bond acceptors (Lipinski definition) is 3. The maximum Gasteiger partial charge on any atom is 0.303 e. The summed E-state index contributed by atoms with van der Waals surface area (Å²) in [5.74, 6) is -0.736. The SMILES string of the molecule is CCCCCCCCCCCCCCCCCCCCCC(=O)O.O=C(NCCc1c[nH]c2ccccc12)c1cccnc1. The maximum absolute atomic E-state index is 11.9. The molecule has 0 fully saturated rings. The Hall–Kier alpha value is -3.15. The van der Waals surface area contributed by atoms with Crippen molar-refractivity contribution in [2.75, 3.05) is 6.54 Å². The molecular weight excluding hydrogens is 546 g/mol. The van der Waals surface area contributed by atoms with Gasteiger partial charge in [0.15, 0.2) is 0 Å². The molecule has 0 atom stereocenters. The monoisotopic (exact) mass is 605 g/mol. The quantitative estimate of drug-likeness (QED) is 0.0885. The average molecular weight is 606 g/mol. The zero-order chi connectivity index (χ0) is 31.5. The Kier molecular flexibility index (Phi) is 21.2.